The molecule has 1 heteroatoms. The van der Waals surface area contributed by atoms with Crippen molar-refractivity contribution in [3.63, 3.8) is 0 Å². The molecule has 0 N–H and O–H groups in total. The van der Waals surface area contributed by atoms with Crippen LogP contribution in [0.2, 0.25) is 0 Å². The predicted molar refractivity (Wildman–Crippen MR) is 57.7 cm³/mol. The van der Waals surface area contributed by atoms with E-state index in [-0.39, 0.29) is 0 Å². The van der Waals surface area contributed by atoms with Crippen LogP contribution in [0.25, 0.3) is 0 Å². The van der Waals surface area contributed by atoms with Crippen LogP contribution in [0.5, 0.6) is 0 Å². The molecule has 0 aromatic rings. The van der Waals surface area contributed by atoms with E-state index in [9.17, 15) is 4.79 Å². The monoisotopic (exact) mass is 182 g/mol. The molecule has 0 amide bonds. The van der Waals surface area contributed by atoms with Crippen LogP contribution < -0.4 is 0 Å². The number of rotatable bonds is 7. The van der Waals surface area contributed by atoms with Gasteiger partial charge in [0.1, 0.15) is 6.29 Å². The highest BCUT2D eigenvalue weighted by Crippen LogP contribution is 2.15. The second kappa shape index (κ2) is 8.03. The number of carbonyl (C=O) groups excluding carboxylic acids is 1. The van der Waals surface area contributed by atoms with E-state index < -0.39 is 0 Å². The topological polar surface area (TPSA) is 17.1 Å². The summed E-state index contributed by atoms with van der Waals surface area (Å²) in [6.45, 7) is 6.77. The van der Waals surface area contributed by atoms with E-state index in [1.165, 1.54) is 19.3 Å². The van der Waals surface area contributed by atoms with Gasteiger partial charge in [-0.15, -0.1) is 0 Å². The molecule has 0 spiro atoms. The number of carbonyl (C=O) groups is 1. The van der Waals surface area contributed by atoms with E-state index in [1.807, 2.05) is 6.08 Å². The van der Waals surface area contributed by atoms with Gasteiger partial charge in [0.25, 0.3) is 0 Å². The molecule has 0 heterocycles. The van der Waals surface area contributed by atoms with Crippen molar-refractivity contribution in [3.8, 4) is 0 Å². The maximum absolute atomic E-state index is 10.0. The molecular formula is C12H22O. The lowest BCUT2D eigenvalue weighted by Gasteiger charge is -2.09. The second-order valence-electron chi connectivity index (χ2n) is 4.23. The first kappa shape index (κ1) is 12.4. The number of aldehydes is 1. The summed E-state index contributed by atoms with van der Waals surface area (Å²) in [4.78, 5) is 10.0. The van der Waals surface area contributed by atoms with Crippen molar-refractivity contribution < 1.29 is 4.79 Å². The van der Waals surface area contributed by atoms with Crippen LogP contribution >= 0.6 is 0 Å². The molecule has 0 aromatic heterocycles. The number of hydrogen-bond acceptors (Lipinski definition) is 1. The summed E-state index contributed by atoms with van der Waals surface area (Å²) >= 11 is 0. The van der Waals surface area contributed by atoms with Gasteiger partial charge in [-0.3, -0.25) is 4.79 Å². The Labute approximate surface area is 82.2 Å². The zero-order chi connectivity index (χ0) is 10.1. The van der Waals surface area contributed by atoms with E-state index >= 15 is 0 Å². The van der Waals surface area contributed by atoms with Gasteiger partial charge < -0.3 is 0 Å². The van der Waals surface area contributed by atoms with E-state index in [0.717, 1.165) is 24.5 Å². The first-order chi connectivity index (χ1) is 6.16. The largest absolute Gasteiger partial charge is 0.299 e. The quantitative estimate of drug-likeness (QED) is 0.434. The van der Waals surface area contributed by atoms with Crippen LogP contribution in [0.1, 0.15) is 46.5 Å². The van der Waals surface area contributed by atoms with Crippen LogP contribution in [-0.2, 0) is 4.79 Å². The third-order valence-corrected chi connectivity index (χ3v) is 2.23. The van der Waals surface area contributed by atoms with Crippen molar-refractivity contribution in [2.45, 2.75) is 46.5 Å². The molecule has 0 saturated heterocycles. The molecule has 0 fully saturated rings. The van der Waals surface area contributed by atoms with Gasteiger partial charge in [-0.25, -0.2) is 0 Å². The Hall–Kier alpha value is -0.590. The minimum atomic E-state index is 0.718. The van der Waals surface area contributed by atoms with Gasteiger partial charge in [-0.2, -0.15) is 0 Å². The van der Waals surface area contributed by atoms with Gasteiger partial charge in [0, 0.05) is 0 Å². The molecule has 76 valence electrons. The second-order valence-corrected chi connectivity index (χ2v) is 4.23. The maximum atomic E-state index is 10.0. The molecular weight excluding hydrogens is 160 g/mol. The van der Waals surface area contributed by atoms with Gasteiger partial charge in [-0.05, 0) is 24.3 Å². The Bertz CT molecular complexity index is 147. The van der Waals surface area contributed by atoms with Gasteiger partial charge in [0.05, 0.1) is 0 Å². The van der Waals surface area contributed by atoms with Crippen molar-refractivity contribution in [2.75, 3.05) is 0 Å². The van der Waals surface area contributed by atoms with Crippen LogP contribution in [0.3, 0.4) is 0 Å². The molecule has 1 unspecified atom stereocenters. The highest BCUT2D eigenvalue weighted by molar-refractivity contribution is 5.64. The Morgan fingerprint density at radius 3 is 2.38 bits per heavy atom. The zero-order valence-corrected chi connectivity index (χ0v) is 9.12. The molecule has 0 rings (SSSR count). The van der Waals surface area contributed by atoms with Crippen LogP contribution in [-0.4, -0.2) is 6.29 Å². The maximum Gasteiger partial charge on any atom is 0.142 e. The lowest BCUT2D eigenvalue weighted by molar-refractivity contribution is -0.104. The highest BCUT2D eigenvalue weighted by Gasteiger charge is 2.00. The van der Waals surface area contributed by atoms with E-state index in [0.29, 0.717) is 0 Å². The Balaban J connectivity index is 3.34. The van der Waals surface area contributed by atoms with Crippen molar-refractivity contribution in [3.05, 3.63) is 12.2 Å². The van der Waals surface area contributed by atoms with Crippen LogP contribution in [0.15, 0.2) is 12.2 Å². The first-order valence-corrected chi connectivity index (χ1v) is 5.27. The van der Waals surface area contributed by atoms with E-state index in [4.69, 9.17) is 0 Å². The third kappa shape index (κ3) is 9.32. The van der Waals surface area contributed by atoms with Crippen molar-refractivity contribution in [1.82, 2.24) is 0 Å². The number of hydrogen-bond donors (Lipinski definition) is 0. The fourth-order valence-electron chi connectivity index (χ4n) is 1.36. The zero-order valence-electron chi connectivity index (χ0n) is 9.12. The van der Waals surface area contributed by atoms with Crippen LogP contribution in [0, 0.1) is 11.8 Å². The third-order valence-electron chi connectivity index (χ3n) is 2.23. The number of allylic oxidation sites excluding steroid dienone is 2. The average Bonchev–Trinajstić information content (AvgIpc) is 2.04. The lowest BCUT2D eigenvalue weighted by Crippen LogP contribution is -1.95. The lowest BCUT2D eigenvalue weighted by atomic mass is 9.97. The standard InChI is InChI=1S/C12H22O/c1-11(2)7-6-9-12(3)8-4-5-10-13/h4-5,10-12H,6-9H2,1-3H3. The Morgan fingerprint density at radius 1 is 1.15 bits per heavy atom. The molecule has 0 aliphatic heterocycles. The fraction of sp³-hybridized carbons (Fsp3) is 0.750. The normalized spacial score (nSPS) is 13.8. The molecule has 0 radical (unpaired) electrons. The highest BCUT2D eigenvalue weighted by atomic mass is 16.1. The van der Waals surface area contributed by atoms with Crippen molar-refractivity contribution in [2.24, 2.45) is 11.8 Å². The molecule has 0 aromatic carbocycles. The minimum Gasteiger partial charge on any atom is -0.299 e. The smallest absolute Gasteiger partial charge is 0.142 e. The molecule has 0 aliphatic rings. The van der Waals surface area contributed by atoms with Crippen LogP contribution in [0.4, 0.5) is 0 Å². The van der Waals surface area contributed by atoms with E-state index in [2.05, 4.69) is 20.8 Å². The van der Waals surface area contributed by atoms with E-state index in [1.54, 1.807) is 6.08 Å². The van der Waals surface area contributed by atoms with Gasteiger partial charge in [-0.1, -0.05) is 46.1 Å². The molecule has 0 aliphatic carbocycles. The Kier molecular flexibility index (Phi) is 7.66. The first-order valence-electron chi connectivity index (χ1n) is 5.27. The fourth-order valence-corrected chi connectivity index (χ4v) is 1.36. The minimum absolute atomic E-state index is 0.718. The summed E-state index contributed by atoms with van der Waals surface area (Å²) in [7, 11) is 0. The average molecular weight is 182 g/mol. The molecule has 1 nitrogen and oxygen atoms in total. The molecule has 0 saturated carbocycles. The summed E-state index contributed by atoms with van der Waals surface area (Å²) in [6, 6.07) is 0. The molecule has 1 atom stereocenters. The van der Waals surface area contributed by atoms with Gasteiger partial charge in [0.15, 0.2) is 0 Å². The summed E-state index contributed by atoms with van der Waals surface area (Å²) in [5.41, 5.74) is 0. The molecule has 13 heavy (non-hydrogen) atoms. The van der Waals surface area contributed by atoms with Gasteiger partial charge >= 0.3 is 0 Å². The Morgan fingerprint density at radius 2 is 1.85 bits per heavy atom. The summed E-state index contributed by atoms with van der Waals surface area (Å²) in [5.74, 6) is 1.53. The van der Waals surface area contributed by atoms with Crippen molar-refractivity contribution >= 4 is 6.29 Å². The summed E-state index contributed by atoms with van der Waals surface area (Å²) in [5, 5.41) is 0. The summed E-state index contributed by atoms with van der Waals surface area (Å²) in [6.07, 6.45) is 9.36. The van der Waals surface area contributed by atoms with Gasteiger partial charge in [0.2, 0.25) is 0 Å². The SMILES string of the molecule is CC(C)CCCC(C)CC=CC=O. The molecule has 0 bridgehead atoms. The summed E-state index contributed by atoms with van der Waals surface area (Å²) < 4.78 is 0. The predicted octanol–water partition coefficient (Wildman–Crippen LogP) is 3.59. The van der Waals surface area contributed by atoms with Crippen molar-refractivity contribution in [1.29, 1.82) is 0 Å².